The number of piperidine rings is 1. The molecule has 1 aliphatic heterocycles. The van der Waals surface area contributed by atoms with Crippen LogP contribution in [0.4, 0.5) is 0 Å². The summed E-state index contributed by atoms with van der Waals surface area (Å²) < 4.78 is 10.5. The summed E-state index contributed by atoms with van der Waals surface area (Å²) in [6.07, 6.45) is 2.59. The van der Waals surface area contributed by atoms with Gasteiger partial charge in [0.1, 0.15) is 6.61 Å². The van der Waals surface area contributed by atoms with Crippen LogP contribution >= 0.6 is 12.4 Å². The highest BCUT2D eigenvalue weighted by atomic mass is 35.5. The average molecular weight is 234 g/mol. The molecule has 1 atom stereocenters. The van der Waals surface area contributed by atoms with Crippen LogP contribution in [0.5, 0.6) is 0 Å². The molecule has 2 rings (SSSR count). The number of nitrogens with zero attached hydrogens (tertiary/aromatic N) is 2. The van der Waals surface area contributed by atoms with E-state index in [2.05, 4.69) is 15.5 Å². The number of hydrogen-bond acceptors (Lipinski definition) is 5. The number of hydrogen-bond donors (Lipinski definition) is 1. The molecule has 1 fully saturated rings. The summed E-state index contributed by atoms with van der Waals surface area (Å²) in [6.45, 7) is 4.25. The smallest absolute Gasteiger partial charge is 0.223 e. The Morgan fingerprint density at radius 3 is 3.07 bits per heavy atom. The standard InChI is InChI=1S/C9H15N3O2.ClH/c1-7-11-9(12-14-7)6-13-8-3-2-4-10-5-8;/h8,10H,2-6H2,1H3;1H. The summed E-state index contributed by atoms with van der Waals surface area (Å²) in [6, 6.07) is 0. The number of nitrogens with one attached hydrogen (secondary N) is 1. The van der Waals surface area contributed by atoms with E-state index in [9.17, 15) is 0 Å². The summed E-state index contributed by atoms with van der Waals surface area (Å²) in [7, 11) is 0. The Bertz CT molecular complexity index is 287. The van der Waals surface area contributed by atoms with Crippen LogP contribution in [0.15, 0.2) is 4.52 Å². The van der Waals surface area contributed by atoms with Crippen molar-refractivity contribution in [2.75, 3.05) is 13.1 Å². The number of halogens is 1. The first-order valence-corrected chi connectivity index (χ1v) is 4.96. The zero-order chi connectivity index (χ0) is 9.80. The molecule has 86 valence electrons. The van der Waals surface area contributed by atoms with Gasteiger partial charge in [0.2, 0.25) is 5.89 Å². The predicted molar refractivity (Wildman–Crippen MR) is 57.0 cm³/mol. The molecule has 0 bridgehead atoms. The minimum absolute atomic E-state index is 0. The second-order valence-corrected chi connectivity index (χ2v) is 3.51. The zero-order valence-corrected chi connectivity index (χ0v) is 9.55. The van der Waals surface area contributed by atoms with Gasteiger partial charge in [0.05, 0.1) is 6.10 Å². The van der Waals surface area contributed by atoms with Crippen molar-refractivity contribution >= 4 is 12.4 Å². The molecule has 0 amide bonds. The highest BCUT2D eigenvalue weighted by Crippen LogP contribution is 2.08. The summed E-state index contributed by atoms with van der Waals surface area (Å²) >= 11 is 0. The number of aromatic nitrogens is 2. The van der Waals surface area contributed by atoms with Gasteiger partial charge in [-0.15, -0.1) is 12.4 Å². The quantitative estimate of drug-likeness (QED) is 0.846. The second kappa shape index (κ2) is 6.05. The number of rotatable bonds is 3. The molecule has 0 aliphatic carbocycles. The van der Waals surface area contributed by atoms with E-state index in [1.54, 1.807) is 6.92 Å². The molecule has 6 heteroatoms. The van der Waals surface area contributed by atoms with Crippen molar-refractivity contribution in [2.45, 2.75) is 32.5 Å². The molecule has 1 aliphatic rings. The molecule has 1 N–H and O–H groups in total. The molecule has 5 nitrogen and oxygen atoms in total. The normalized spacial score (nSPS) is 21.0. The van der Waals surface area contributed by atoms with Gasteiger partial charge in [-0.1, -0.05) is 5.16 Å². The van der Waals surface area contributed by atoms with E-state index in [0.29, 0.717) is 24.4 Å². The second-order valence-electron chi connectivity index (χ2n) is 3.51. The molecular formula is C9H16ClN3O2. The number of aryl methyl sites for hydroxylation is 1. The van der Waals surface area contributed by atoms with E-state index >= 15 is 0 Å². The Kier molecular flexibility index (Phi) is 5.01. The van der Waals surface area contributed by atoms with E-state index in [-0.39, 0.29) is 12.4 Å². The van der Waals surface area contributed by atoms with Crippen molar-refractivity contribution in [3.63, 3.8) is 0 Å². The summed E-state index contributed by atoms with van der Waals surface area (Å²) in [4.78, 5) is 4.07. The van der Waals surface area contributed by atoms with E-state index in [1.807, 2.05) is 0 Å². The van der Waals surface area contributed by atoms with Gasteiger partial charge < -0.3 is 14.6 Å². The van der Waals surface area contributed by atoms with Gasteiger partial charge in [-0.2, -0.15) is 4.98 Å². The Morgan fingerprint density at radius 2 is 2.47 bits per heavy atom. The Hall–Kier alpha value is -0.650. The molecule has 1 saturated heterocycles. The third kappa shape index (κ3) is 3.77. The van der Waals surface area contributed by atoms with Crippen LogP contribution in [0.25, 0.3) is 0 Å². The first kappa shape index (κ1) is 12.4. The molecule has 0 spiro atoms. The lowest BCUT2D eigenvalue weighted by Crippen LogP contribution is -2.35. The average Bonchev–Trinajstić information content (AvgIpc) is 2.63. The lowest BCUT2D eigenvalue weighted by molar-refractivity contribution is 0.0210. The number of ether oxygens (including phenoxy) is 1. The van der Waals surface area contributed by atoms with Gasteiger partial charge >= 0.3 is 0 Å². The molecule has 1 unspecified atom stereocenters. The summed E-state index contributed by atoms with van der Waals surface area (Å²) in [5.41, 5.74) is 0. The van der Waals surface area contributed by atoms with E-state index in [4.69, 9.17) is 9.26 Å². The van der Waals surface area contributed by atoms with Gasteiger partial charge in [0, 0.05) is 13.5 Å². The van der Waals surface area contributed by atoms with E-state index in [0.717, 1.165) is 19.5 Å². The van der Waals surface area contributed by atoms with Crippen molar-refractivity contribution in [1.82, 2.24) is 15.5 Å². The monoisotopic (exact) mass is 233 g/mol. The topological polar surface area (TPSA) is 60.2 Å². The Morgan fingerprint density at radius 1 is 1.60 bits per heavy atom. The van der Waals surface area contributed by atoms with Gasteiger partial charge in [-0.3, -0.25) is 0 Å². The van der Waals surface area contributed by atoms with Crippen LogP contribution in [-0.2, 0) is 11.3 Å². The molecule has 0 aromatic carbocycles. The molecule has 1 aromatic heterocycles. The van der Waals surface area contributed by atoms with Crippen LogP contribution in [-0.4, -0.2) is 29.3 Å². The minimum atomic E-state index is 0. The van der Waals surface area contributed by atoms with Gasteiger partial charge in [0.15, 0.2) is 5.82 Å². The maximum atomic E-state index is 5.63. The first-order valence-electron chi connectivity index (χ1n) is 4.96. The molecule has 2 heterocycles. The fourth-order valence-electron chi connectivity index (χ4n) is 1.55. The molecule has 15 heavy (non-hydrogen) atoms. The maximum absolute atomic E-state index is 5.63. The molecular weight excluding hydrogens is 218 g/mol. The van der Waals surface area contributed by atoms with Crippen molar-refractivity contribution in [3.05, 3.63) is 11.7 Å². The minimum Gasteiger partial charge on any atom is -0.369 e. The largest absolute Gasteiger partial charge is 0.369 e. The zero-order valence-electron chi connectivity index (χ0n) is 8.73. The van der Waals surface area contributed by atoms with Crippen molar-refractivity contribution in [2.24, 2.45) is 0 Å². The third-order valence-corrected chi connectivity index (χ3v) is 2.27. The van der Waals surface area contributed by atoms with Crippen molar-refractivity contribution in [1.29, 1.82) is 0 Å². The van der Waals surface area contributed by atoms with Crippen molar-refractivity contribution in [3.8, 4) is 0 Å². The molecule has 0 saturated carbocycles. The van der Waals surface area contributed by atoms with Gasteiger partial charge in [-0.25, -0.2) is 0 Å². The SMILES string of the molecule is Cc1nc(COC2CCCNC2)no1.Cl. The van der Waals surface area contributed by atoms with Crippen LogP contribution in [0.2, 0.25) is 0 Å². The predicted octanol–water partition coefficient (Wildman–Crippen LogP) is 1.07. The van der Waals surface area contributed by atoms with Crippen molar-refractivity contribution < 1.29 is 9.26 Å². The highest BCUT2D eigenvalue weighted by Gasteiger charge is 2.14. The molecule has 0 radical (unpaired) electrons. The maximum Gasteiger partial charge on any atom is 0.223 e. The first-order chi connectivity index (χ1) is 6.84. The fraction of sp³-hybridized carbons (Fsp3) is 0.778. The lowest BCUT2D eigenvalue weighted by Gasteiger charge is -2.22. The van der Waals surface area contributed by atoms with Gasteiger partial charge in [0.25, 0.3) is 0 Å². The Labute approximate surface area is 95.0 Å². The molecule has 1 aromatic rings. The Balaban J connectivity index is 0.00000112. The van der Waals surface area contributed by atoms with E-state index in [1.165, 1.54) is 6.42 Å². The highest BCUT2D eigenvalue weighted by molar-refractivity contribution is 5.85. The summed E-state index contributed by atoms with van der Waals surface area (Å²) in [5, 5.41) is 7.06. The van der Waals surface area contributed by atoms with Crippen LogP contribution in [0, 0.1) is 6.92 Å². The van der Waals surface area contributed by atoms with Crippen LogP contribution in [0.3, 0.4) is 0 Å². The van der Waals surface area contributed by atoms with E-state index < -0.39 is 0 Å². The lowest BCUT2D eigenvalue weighted by atomic mass is 10.1. The van der Waals surface area contributed by atoms with Crippen LogP contribution < -0.4 is 5.32 Å². The fourth-order valence-corrected chi connectivity index (χ4v) is 1.55. The third-order valence-electron chi connectivity index (χ3n) is 2.27. The summed E-state index contributed by atoms with van der Waals surface area (Å²) in [5.74, 6) is 1.22. The van der Waals surface area contributed by atoms with Crippen LogP contribution in [0.1, 0.15) is 24.6 Å². The van der Waals surface area contributed by atoms with Gasteiger partial charge in [-0.05, 0) is 19.4 Å².